The van der Waals surface area contributed by atoms with E-state index in [2.05, 4.69) is 35.5 Å². The highest BCUT2D eigenvalue weighted by molar-refractivity contribution is 6.30. The molecule has 0 aliphatic carbocycles. The van der Waals surface area contributed by atoms with Gasteiger partial charge >= 0.3 is 0 Å². The molecule has 0 radical (unpaired) electrons. The normalized spacial score (nSPS) is 10.7. The molecule has 0 aliphatic heterocycles. The topological polar surface area (TPSA) is 46.9 Å². The van der Waals surface area contributed by atoms with Gasteiger partial charge in [-0.1, -0.05) is 41.9 Å². The molecule has 25 heavy (non-hydrogen) atoms. The van der Waals surface area contributed by atoms with Crippen molar-refractivity contribution in [2.75, 3.05) is 0 Å². The predicted molar refractivity (Wildman–Crippen MR) is 99.9 cm³/mol. The van der Waals surface area contributed by atoms with E-state index in [9.17, 15) is 4.79 Å². The lowest BCUT2D eigenvalue weighted by Crippen LogP contribution is -2.22. The van der Waals surface area contributed by atoms with Gasteiger partial charge in [0.05, 0.1) is 12.2 Å². The van der Waals surface area contributed by atoms with E-state index in [1.54, 1.807) is 24.3 Å². The number of aromatic nitrogens is 2. The zero-order valence-electron chi connectivity index (χ0n) is 14.3. The molecule has 3 aromatic rings. The van der Waals surface area contributed by atoms with Crippen molar-refractivity contribution < 1.29 is 4.79 Å². The van der Waals surface area contributed by atoms with Crippen molar-refractivity contribution in [3.05, 3.63) is 87.7 Å². The number of hydrogen-bond donors (Lipinski definition) is 1. The first-order valence-electron chi connectivity index (χ1n) is 8.14. The summed E-state index contributed by atoms with van der Waals surface area (Å²) in [5.41, 5.74) is 4.92. The molecule has 0 fully saturated rings. The van der Waals surface area contributed by atoms with Crippen LogP contribution in [0, 0.1) is 13.8 Å². The highest BCUT2D eigenvalue weighted by Crippen LogP contribution is 2.12. The number of halogens is 1. The lowest BCUT2D eigenvalue weighted by molar-refractivity contribution is 0.0951. The fraction of sp³-hybridized carbons (Fsp3) is 0.200. The number of carbonyl (C=O) groups is 1. The predicted octanol–water partition coefficient (Wildman–Crippen LogP) is 4.13. The molecule has 1 amide bonds. The van der Waals surface area contributed by atoms with Gasteiger partial charge in [0.15, 0.2) is 0 Å². The molecule has 2 aromatic carbocycles. The fourth-order valence-corrected chi connectivity index (χ4v) is 2.95. The number of benzene rings is 2. The number of nitrogens with zero attached hydrogens (tertiary/aromatic N) is 2. The Morgan fingerprint density at radius 1 is 1.08 bits per heavy atom. The molecule has 0 saturated heterocycles. The largest absolute Gasteiger partial charge is 0.348 e. The number of nitrogens with one attached hydrogen (secondary N) is 1. The summed E-state index contributed by atoms with van der Waals surface area (Å²) in [6.45, 7) is 5.23. The van der Waals surface area contributed by atoms with Crippen LogP contribution in [0.15, 0.2) is 54.6 Å². The molecule has 1 aromatic heterocycles. The summed E-state index contributed by atoms with van der Waals surface area (Å²) in [4.78, 5) is 12.2. The molecule has 0 bridgehead atoms. The second kappa shape index (κ2) is 7.53. The van der Waals surface area contributed by atoms with Gasteiger partial charge in [-0.25, -0.2) is 0 Å². The maximum atomic E-state index is 12.2. The van der Waals surface area contributed by atoms with Gasteiger partial charge in [-0.05, 0) is 49.2 Å². The third-order valence-electron chi connectivity index (χ3n) is 3.97. The standard InChI is InChI=1S/C20H20ClN3O/c1-14-9-15(2)24(23-14)13-17-6-3-5-16(10-17)12-22-20(25)18-7-4-8-19(21)11-18/h3-11H,12-13H2,1-2H3,(H,22,25). The van der Waals surface area contributed by atoms with Crippen LogP contribution >= 0.6 is 11.6 Å². The summed E-state index contributed by atoms with van der Waals surface area (Å²) in [7, 11) is 0. The lowest BCUT2D eigenvalue weighted by Gasteiger charge is -2.09. The second-order valence-corrected chi connectivity index (χ2v) is 6.53. The second-order valence-electron chi connectivity index (χ2n) is 6.10. The van der Waals surface area contributed by atoms with Crippen molar-refractivity contribution in [3.8, 4) is 0 Å². The Morgan fingerprint density at radius 3 is 2.56 bits per heavy atom. The van der Waals surface area contributed by atoms with Crippen LogP contribution in [0.3, 0.4) is 0 Å². The van der Waals surface area contributed by atoms with E-state index in [1.807, 2.05) is 23.7 Å². The van der Waals surface area contributed by atoms with Gasteiger partial charge in [-0.2, -0.15) is 5.10 Å². The minimum absolute atomic E-state index is 0.133. The molecule has 5 heteroatoms. The van der Waals surface area contributed by atoms with E-state index in [0.29, 0.717) is 17.1 Å². The molecule has 0 unspecified atom stereocenters. The highest BCUT2D eigenvalue weighted by Gasteiger charge is 2.07. The average molecular weight is 354 g/mol. The molecular weight excluding hydrogens is 334 g/mol. The van der Waals surface area contributed by atoms with Crippen molar-refractivity contribution in [3.63, 3.8) is 0 Å². The fourth-order valence-electron chi connectivity index (χ4n) is 2.76. The van der Waals surface area contributed by atoms with Crippen LogP contribution < -0.4 is 5.32 Å². The summed E-state index contributed by atoms with van der Waals surface area (Å²) in [5.74, 6) is -0.133. The molecular formula is C20H20ClN3O. The Labute approximate surface area is 152 Å². The first-order chi connectivity index (χ1) is 12.0. The average Bonchev–Trinajstić information content (AvgIpc) is 2.90. The van der Waals surface area contributed by atoms with E-state index in [4.69, 9.17) is 11.6 Å². The maximum Gasteiger partial charge on any atom is 0.251 e. The smallest absolute Gasteiger partial charge is 0.251 e. The summed E-state index contributed by atoms with van der Waals surface area (Å²) in [6.07, 6.45) is 0. The molecule has 1 N–H and O–H groups in total. The summed E-state index contributed by atoms with van der Waals surface area (Å²) in [6, 6.07) is 17.2. The number of hydrogen-bond acceptors (Lipinski definition) is 2. The third kappa shape index (κ3) is 4.48. The molecule has 0 atom stereocenters. The molecule has 128 valence electrons. The van der Waals surface area contributed by atoms with Gasteiger partial charge in [-0.3, -0.25) is 9.48 Å². The van der Waals surface area contributed by atoms with Crippen molar-refractivity contribution >= 4 is 17.5 Å². The van der Waals surface area contributed by atoms with E-state index < -0.39 is 0 Å². The zero-order valence-corrected chi connectivity index (χ0v) is 15.0. The van der Waals surface area contributed by atoms with Gasteiger partial charge in [0.25, 0.3) is 5.91 Å². The van der Waals surface area contributed by atoms with Gasteiger partial charge in [-0.15, -0.1) is 0 Å². The molecule has 4 nitrogen and oxygen atoms in total. The van der Waals surface area contributed by atoms with Crippen LogP contribution in [0.1, 0.15) is 32.9 Å². The Bertz CT molecular complexity index is 901. The van der Waals surface area contributed by atoms with E-state index >= 15 is 0 Å². The zero-order chi connectivity index (χ0) is 17.8. The van der Waals surface area contributed by atoms with Crippen molar-refractivity contribution in [2.24, 2.45) is 0 Å². The van der Waals surface area contributed by atoms with E-state index in [0.717, 1.165) is 29.1 Å². The van der Waals surface area contributed by atoms with Crippen LogP contribution in [0.2, 0.25) is 5.02 Å². The van der Waals surface area contributed by atoms with Crippen molar-refractivity contribution in [2.45, 2.75) is 26.9 Å². The lowest BCUT2D eigenvalue weighted by atomic mass is 10.1. The van der Waals surface area contributed by atoms with Crippen LogP contribution in [0.5, 0.6) is 0 Å². The Kier molecular flexibility index (Phi) is 5.19. The van der Waals surface area contributed by atoms with Crippen molar-refractivity contribution in [1.82, 2.24) is 15.1 Å². The number of rotatable bonds is 5. The summed E-state index contributed by atoms with van der Waals surface area (Å²) < 4.78 is 1.99. The molecule has 3 rings (SSSR count). The van der Waals surface area contributed by atoms with Crippen LogP contribution in [-0.4, -0.2) is 15.7 Å². The highest BCUT2D eigenvalue weighted by atomic mass is 35.5. The van der Waals surface area contributed by atoms with Crippen molar-refractivity contribution in [1.29, 1.82) is 0 Å². The van der Waals surface area contributed by atoms with Crippen LogP contribution in [0.25, 0.3) is 0 Å². The first kappa shape index (κ1) is 17.2. The third-order valence-corrected chi connectivity index (χ3v) is 4.20. The van der Waals surface area contributed by atoms with Gasteiger partial charge in [0, 0.05) is 22.8 Å². The van der Waals surface area contributed by atoms with Crippen LogP contribution in [-0.2, 0) is 13.1 Å². The summed E-state index contributed by atoms with van der Waals surface area (Å²) in [5, 5.41) is 7.98. The Balaban J connectivity index is 1.65. The molecule has 0 aliphatic rings. The minimum atomic E-state index is -0.133. The monoisotopic (exact) mass is 353 g/mol. The number of amides is 1. The van der Waals surface area contributed by atoms with Gasteiger partial charge in [0.1, 0.15) is 0 Å². The Hall–Kier alpha value is -2.59. The van der Waals surface area contributed by atoms with E-state index in [1.165, 1.54) is 0 Å². The quantitative estimate of drug-likeness (QED) is 0.749. The van der Waals surface area contributed by atoms with Crippen LogP contribution in [0.4, 0.5) is 0 Å². The SMILES string of the molecule is Cc1cc(C)n(Cc2cccc(CNC(=O)c3cccc(Cl)c3)c2)n1. The Morgan fingerprint density at radius 2 is 1.84 bits per heavy atom. The van der Waals surface area contributed by atoms with Gasteiger partial charge < -0.3 is 5.32 Å². The first-order valence-corrected chi connectivity index (χ1v) is 8.52. The summed E-state index contributed by atoms with van der Waals surface area (Å²) >= 11 is 5.93. The molecule has 0 spiro atoms. The van der Waals surface area contributed by atoms with Gasteiger partial charge in [0.2, 0.25) is 0 Å². The minimum Gasteiger partial charge on any atom is -0.348 e. The number of aryl methyl sites for hydroxylation is 2. The molecule has 1 heterocycles. The number of carbonyl (C=O) groups excluding carboxylic acids is 1. The molecule has 0 saturated carbocycles. The maximum absolute atomic E-state index is 12.2. The van der Waals surface area contributed by atoms with E-state index in [-0.39, 0.29) is 5.91 Å².